The molecule has 0 spiro atoms. The first kappa shape index (κ1) is 5.53. The van der Waals surface area contributed by atoms with Gasteiger partial charge >= 0.3 is 0 Å². The second kappa shape index (κ2) is 2.17. The van der Waals surface area contributed by atoms with Crippen LogP contribution in [0.25, 0.3) is 0 Å². The molecule has 1 aromatic heterocycles. The highest BCUT2D eigenvalue weighted by Crippen LogP contribution is 2.22. The first-order valence-electron chi connectivity index (χ1n) is 3.33. The molecule has 1 aliphatic rings. The summed E-state index contributed by atoms with van der Waals surface area (Å²) in [4.78, 5) is 2.96. The molecule has 1 aromatic rings. The molecule has 2 N–H and O–H groups in total. The zero-order valence-electron chi connectivity index (χ0n) is 5.55. The van der Waals surface area contributed by atoms with E-state index in [4.69, 9.17) is 4.74 Å². The van der Waals surface area contributed by atoms with Gasteiger partial charge in [0.2, 0.25) is 11.9 Å². The van der Waals surface area contributed by atoms with E-state index in [-0.39, 0.29) is 0 Å². The molecule has 0 saturated heterocycles. The highest BCUT2D eigenvalue weighted by atomic mass is 16.5. The molecule has 0 fully saturated rings. The van der Waals surface area contributed by atoms with Crippen molar-refractivity contribution in [3.8, 4) is 5.75 Å². The van der Waals surface area contributed by atoms with Crippen LogP contribution in [0.2, 0.25) is 0 Å². The number of hydrogen-bond donors (Lipinski definition) is 1. The minimum Gasteiger partial charge on any atom is -0.484 e. The van der Waals surface area contributed by atoms with E-state index in [1.165, 1.54) is 0 Å². The summed E-state index contributed by atoms with van der Waals surface area (Å²) in [5, 5.41) is 3.22. The average molecular weight is 137 g/mol. The smallest absolute Gasteiger partial charge is 0.211 e. The van der Waals surface area contributed by atoms with Crippen LogP contribution >= 0.6 is 0 Å². The Balaban J connectivity index is 2.41. The number of nitrogens with one attached hydrogen (secondary N) is 2. The number of hydrogen-bond acceptors (Lipinski definition) is 2. The number of aromatic nitrogens is 1. The first-order valence-corrected chi connectivity index (χ1v) is 3.33. The van der Waals surface area contributed by atoms with Crippen molar-refractivity contribution < 1.29 is 9.72 Å². The number of anilines is 1. The summed E-state index contributed by atoms with van der Waals surface area (Å²) in [6.07, 6.45) is 3.72. The van der Waals surface area contributed by atoms with E-state index >= 15 is 0 Å². The van der Waals surface area contributed by atoms with Gasteiger partial charge in [-0.1, -0.05) is 0 Å². The molecule has 0 aliphatic carbocycles. The van der Waals surface area contributed by atoms with E-state index in [1.807, 2.05) is 18.5 Å². The number of aromatic amines is 1. The summed E-state index contributed by atoms with van der Waals surface area (Å²) in [6.45, 7) is 1.65. The van der Waals surface area contributed by atoms with E-state index in [1.54, 1.807) is 0 Å². The van der Waals surface area contributed by atoms with E-state index in [2.05, 4.69) is 10.3 Å². The minimum absolute atomic E-state index is 0.755. The first-order chi connectivity index (χ1) is 4.97. The third-order valence-corrected chi connectivity index (χ3v) is 1.50. The Morgan fingerprint density at radius 2 is 2.60 bits per heavy atom. The number of H-pyrrole nitrogens is 1. The van der Waals surface area contributed by atoms with Gasteiger partial charge in [-0.2, -0.15) is 0 Å². The van der Waals surface area contributed by atoms with Gasteiger partial charge in [0.25, 0.3) is 0 Å². The maximum atomic E-state index is 5.33. The second-order valence-corrected chi connectivity index (χ2v) is 2.20. The molecule has 0 saturated carbocycles. The molecule has 0 atom stereocenters. The van der Waals surface area contributed by atoms with Crippen molar-refractivity contribution >= 4 is 5.69 Å². The van der Waals surface area contributed by atoms with Crippen molar-refractivity contribution in [2.45, 2.75) is 0 Å². The van der Waals surface area contributed by atoms with Gasteiger partial charge in [0.15, 0.2) is 6.20 Å². The Labute approximate surface area is 59.0 Å². The van der Waals surface area contributed by atoms with Gasteiger partial charge < -0.3 is 10.1 Å². The maximum absolute atomic E-state index is 5.33. The van der Waals surface area contributed by atoms with Gasteiger partial charge in [-0.3, -0.25) is 0 Å². The van der Waals surface area contributed by atoms with Crippen molar-refractivity contribution in [3.63, 3.8) is 0 Å². The number of rotatable bonds is 0. The molecule has 3 heteroatoms. The molecular weight excluding hydrogens is 128 g/mol. The summed E-state index contributed by atoms with van der Waals surface area (Å²) in [5.41, 5.74) is 1.07. The van der Waals surface area contributed by atoms with Gasteiger partial charge in [-0.15, -0.1) is 0 Å². The zero-order valence-corrected chi connectivity index (χ0v) is 5.55. The lowest BCUT2D eigenvalue weighted by Crippen LogP contribution is -2.19. The van der Waals surface area contributed by atoms with E-state index in [9.17, 15) is 0 Å². The average Bonchev–Trinajstić information content (AvgIpc) is 2.05. The fourth-order valence-electron chi connectivity index (χ4n) is 1.03. The second-order valence-electron chi connectivity index (χ2n) is 2.20. The van der Waals surface area contributed by atoms with Gasteiger partial charge in [0.1, 0.15) is 6.61 Å². The van der Waals surface area contributed by atoms with Crippen LogP contribution in [0.1, 0.15) is 0 Å². The molecule has 52 valence electrons. The van der Waals surface area contributed by atoms with Crippen LogP contribution in [-0.4, -0.2) is 13.2 Å². The van der Waals surface area contributed by atoms with Crippen LogP contribution in [0.3, 0.4) is 0 Å². The van der Waals surface area contributed by atoms with Gasteiger partial charge in [0, 0.05) is 12.6 Å². The van der Waals surface area contributed by atoms with E-state index < -0.39 is 0 Å². The molecule has 2 heterocycles. The molecule has 10 heavy (non-hydrogen) atoms. The number of ether oxygens (including phenoxy) is 1. The predicted molar refractivity (Wildman–Crippen MR) is 37.0 cm³/mol. The molecule has 2 rings (SSSR count). The van der Waals surface area contributed by atoms with Crippen LogP contribution in [0.4, 0.5) is 5.69 Å². The lowest BCUT2D eigenvalue weighted by molar-refractivity contribution is -0.378. The van der Waals surface area contributed by atoms with Crippen LogP contribution in [0, 0.1) is 0 Å². The lowest BCUT2D eigenvalue weighted by Gasteiger charge is -2.15. The number of fused-ring (bicyclic) bond motifs is 1. The Morgan fingerprint density at radius 3 is 3.50 bits per heavy atom. The summed E-state index contributed by atoms with van der Waals surface area (Å²) < 4.78 is 5.33. The summed E-state index contributed by atoms with van der Waals surface area (Å²) >= 11 is 0. The summed E-state index contributed by atoms with van der Waals surface area (Å²) in [5.74, 6) is 0.911. The molecular formula is C7H9N2O+. The highest BCUT2D eigenvalue weighted by molar-refractivity contribution is 5.54. The zero-order chi connectivity index (χ0) is 6.81. The SMILES string of the molecule is c1cc2c(c[nH+]1)OCCN2. The Morgan fingerprint density at radius 1 is 1.60 bits per heavy atom. The van der Waals surface area contributed by atoms with Crippen LogP contribution in [0.15, 0.2) is 18.5 Å². The molecule has 0 amide bonds. The fourth-order valence-corrected chi connectivity index (χ4v) is 1.03. The van der Waals surface area contributed by atoms with Crippen molar-refractivity contribution in [2.75, 3.05) is 18.5 Å². The normalized spacial score (nSPS) is 14.8. The molecule has 0 bridgehead atoms. The Bertz CT molecular complexity index is 212. The van der Waals surface area contributed by atoms with Crippen LogP contribution in [0.5, 0.6) is 5.75 Å². The molecule has 0 aromatic carbocycles. The Hall–Kier alpha value is -1.25. The van der Waals surface area contributed by atoms with Crippen molar-refractivity contribution in [3.05, 3.63) is 18.5 Å². The molecule has 0 unspecified atom stereocenters. The van der Waals surface area contributed by atoms with Gasteiger partial charge in [-0.05, 0) is 0 Å². The standard InChI is InChI=1S/C7H8N2O/c1-2-8-5-7-6(1)9-3-4-10-7/h1-2,5,9H,3-4H2/p+1. The topological polar surface area (TPSA) is 35.4 Å². The van der Waals surface area contributed by atoms with Crippen molar-refractivity contribution in [1.29, 1.82) is 0 Å². The lowest BCUT2D eigenvalue weighted by atomic mass is 10.3. The molecule has 3 nitrogen and oxygen atoms in total. The van der Waals surface area contributed by atoms with Gasteiger partial charge in [0.05, 0.1) is 5.69 Å². The molecule has 0 radical (unpaired) electrons. The van der Waals surface area contributed by atoms with Crippen molar-refractivity contribution in [2.24, 2.45) is 0 Å². The monoisotopic (exact) mass is 137 g/mol. The maximum Gasteiger partial charge on any atom is 0.211 e. The largest absolute Gasteiger partial charge is 0.484 e. The third-order valence-electron chi connectivity index (χ3n) is 1.50. The van der Waals surface area contributed by atoms with E-state index in [0.29, 0.717) is 0 Å². The Kier molecular flexibility index (Phi) is 1.20. The highest BCUT2D eigenvalue weighted by Gasteiger charge is 2.09. The minimum atomic E-state index is 0.755. The quantitative estimate of drug-likeness (QED) is 0.558. The van der Waals surface area contributed by atoms with E-state index in [0.717, 1.165) is 24.6 Å². The van der Waals surface area contributed by atoms with Crippen molar-refractivity contribution in [1.82, 2.24) is 0 Å². The fraction of sp³-hybridized carbons (Fsp3) is 0.286. The van der Waals surface area contributed by atoms with Crippen LogP contribution < -0.4 is 15.0 Å². The third kappa shape index (κ3) is 0.795. The summed E-state index contributed by atoms with van der Waals surface area (Å²) in [7, 11) is 0. The van der Waals surface area contributed by atoms with Gasteiger partial charge in [-0.25, -0.2) is 4.98 Å². The predicted octanol–water partition coefficient (Wildman–Crippen LogP) is 0.305. The summed E-state index contributed by atoms with van der Waals surface area (Å²) in [6, 6.07) is 1.97. The van der Waals surface area contributed by atoms with Crippen LogP contribution in [-0.2, 0) is 0 Å². The molecule has 1 aliphatic heterocycles. The number of pyridine rings is 1.